The summed E-state index contributed by atoms with van der Waals surface area (Å²) in [5.41, 5.74) is 4.26. The number of hydrogen-bond donors (Lipinski definition) is 2. The zero-order valence-corrected chi connectivity index (χ0v) is 19.7. The van der Waals surface area contributed by atoms with Crippen LogP contribution in [0.15, 0.2) is 60.7 Å². The normalized spacial score (nSPS) is 16.6. The van der Waals surface area contributed by atoms with Crippen LogP contribution in [-0.2, 0) is 4.79 Å². The van der Waals surface area contributed by atoms with Gasteiger partial charge in [0.15, 0.2) is 10.8 Å². The lowest BCUT2D eigenvalue weighted by Gasteiger charge is -2.10. The Morgan fingerprint density at radius 2 is 1.94 bits per heavy atom. The Labute approximate surface area is 205 Å². The molecule has 0 radical (unpaired) electrons. The average Bonchev–Trinajstić information content (AvgIpc) is 3.54. The summed E-state index contributed by atoms with van der Waals surface area (Å²) in [5, 5.41) is 6.77. The third-order valence-electron chi connectivity index (χ3n) is 5.90. The van der Waals surface area contributed by atoms with Crippen LogP contribution in [0.4, 0.5) is 16.5 Å². The second-order valence-electron chi connectivity index (χ2n) is 8.23. The molecule has 5 rings (SSSR count). The van der Waals surface area contributed by atoms with E-state index in [2.05, 4.69) is 20.5 Å². The third kappa shape index (κ3) is 4.38. The maximum atomic E-state index is 12.8. The van der Waals surface area contributed by atoms with Crippen LogP contribution in [-0.4, -0.2) is 16.8 Å². The molecule has 6 nitrogen and oxygen atoms in total. The van der Waals surface area contributed by atoms with Crippen molar-refractivity contribution in [2.45, 2.75) is 19.3 Å². The molecule has 0 spiro atoms. The van der Waals surface area contributed by atoms with Gasteiger partial charge in [-0.05, 0) is 49.1 Å². The largest absolute Gasteiger partial charge is 0.320 e. The van der Waals surface area contributed by atoms with E-state index in [0.29, 0.717) is 32.6 Å². The summed E-state index contributed by atoms with van der Waals surface area (Å²) in [4.78, 5) is 33.5. The molecule has 1 unspecified atom stereocenters. The molecule has 1 heterocycles. The smallest absolute Gasteiger partial charge is 0.255 e. The zero-order valence-electron chi connectivity index (χ0n) is 18.1. The Kier molecular flexibility index (Phi) is 5.78. The predicted octanol–water partition coefficient (Wildman–Crippen LogP) is 6.80. The van der Waals surface area contributed by atoms with Crippen LogP contribution in [0, 0.1) is 19.4 Å². The van der Waals surface area contributed by atoms with E-state index in [1.807, 2.05) is 37.3 Å². The number of aryl methyl sites for hydroxylation is 1. The number of aromatic nitrogens is 1. The summed E-state index contributed by atoms with van der Waals surface area (Å²) in [6.07, 6.45) is 0.754. The number of hydrogen-bond acceptors (Lipinski definition) is 4. The lowest BCUT2D eigenvalue weighted by atomic mass is 10.1. The first-order valence-electron chi connectivity index (χ1n) is 10.7. The van der Waals surface area contributed by atoms with Crippen LogP contribution < -0.4 is 10.6 Å². The van der Waals surface area contributed by atoms with Crippen molar-refractivity contribution >= 4 is 61.5 Å². The van der Waals surface area contributed by atoms with E-state index in [1.54, 1.807) is 30.3 Å². The second-order valence-corrected chi connectivity index (χ2v) is 9.67. The van der Waals surface area contributed by atoms with Gasteiger partial charge < -0.3 is 10.6 Å². The summed E-state index contributed by atoms with van der Waals surface area (Å²) < 4.78 is 0.802. The van der Waals surface area contributed by atoms with Crippen molar-refractivity contribution in [1.29, 1.82) is 0 Å². The molecule has 0 aliphatic heterocycles. The molecule has 0 saturated heterocycles. The van der Waals surface area contributed by atoms with Gasteiger partial charge in [0.2, 0.25) is 5.91 Å². The Balaban J connectivity index is 1.28. The van der Waals surface area contributed by atoms with Crippen molar-refractivity contribution in [2.24, 2.45) is 5.92 Å². The summed E-state index contributed by atoms with van der Waals surface area (Å²) in [6.45, 7) is 9.05. The van der Waals surface area contributed by atoms with Crippen LogP contribution in [0.2, 0.25) is 5.02 Å². The number of anilines is 2. The molecule has 1 aromatic heterocycles. The number of halogens is 1. The topological polar surface area (TPSA) is 75.5 Å². The van der Waals surface area contributed by atoms with Crippen molar-refractivity contribution in [1.82, 2.24) is 4.98 Å². The molecule has 2 N–H and O–H groups in total. The number of rotatable bonds is 5. The average molecular weight is 487 g/mol. The number of nitrogens with one attached hydrogen (secondary N) is 2. The Hall–Kier alpha value is -3.73. The number of thiazole rings is 1. The number of para-hydroxylation sites is 1. The van der Waals surface area contributed by atoms with Crippen LogP contribution in [0.3, 0.4) is 0 Å². The molecule has 34 heavy (non-hydrogen) atoms. The predicted molar refractivity (Wildman–Crippen MR) is 136 cm³/mol. The molecular weight excluding hydrogens is 468 g/mol. The SMILES string of the molecule is [C-]#[N+]c1cccc([C@@H]2CC2C(=O)Nc2nc3ccc(C(=O)Nc4c(C)cccc4Cl)cc3s2)c1. The highest BCUT2D eigenvalue weighted by Crippen LogP contribution is 2.48. The summed E-state index contributed by atoms with van der Waals surface area (Å²) in [7, 11) is 0. The quantitative estimate of drug-likeness (QED) is 0.304. The minimum atomic E-state index is -0.264. The third-order valence-corrected chi connectivity index (χ3v) is 7.14. The van der Waals surface area contributed by atoms with Gasteiger partial charge >= 0.3 is 0 Å². The monoisotopic (exact) mass is 486 g/mol. The van der Waals surface area contributed by atoms with E-state index in [9.17, 15) is 9.59 Å². The molecule has 4 aromatic rings. The first kappa shape index (κ1) is 22.1. The van der Waals surface area contributed by atoms with Gasteiger partial charge in [0.1, 0.15) is 0 Å². The standard InChI is InChI=1S/C26H19ClN4O2S/c1-14-5-3-8-20(27)23(14)30-24(32)16-9-10-21-22(12-16)34-26(29-21)31-25(33)19-13-18(19)15-6-4-7-17(11-15)28-2/h3-12,18-19H,13H2,1H3,(H,30,32)(H,29,31,33)/t18-,19?/m0/s1. The molecule has 1 aliphatic carbocycles. The summed E-state index contributed by atoms with van der Waals surface area (Å²) in [6, 6.07) is 18.1. The fourth-order valence-corrected chi connectivity index (χ4v) is 5.15. The van der Waals surface area contributed by atoms with Gasteiger partial charge in [-0.2, -0.15) is 0 Å². The molecule has 2 amide bonds. The van der Waals surface area contributed by atoms with Crippen LogP contribution in [0.25, 0.3) is 15.1 Å². The Morgan fingerprint density at radius 1 is 1.12 bits per heavy atom. The van der Waals surface area contributed by atoms with Crippen LogP contribution >= 0.6 is 22.9 Å². The van der Waals surface area contributed by atoms with Gasteiger partial charge in [-0.3, -0.25) is 9.59 Å². The summed E-state index contributed by atoms with van der Waals surface area (Å²) in [5.74, 6) is -0.350. The van der Waals surface area contributed by atoms with Gasteiger partial charge in [-0.1, -0.05) is 64.9 Å². The minimum absolute atomic E-state index is 0.0792. The highest BCUT2D eigenvalue weighted by atomic mass is 35.5. The number of carbonyl (C=O) groups excluding carboxylic acids is 2. The molecule has 2 atom stereocenters. The van der Waals surface area contributed by atoms with Gasteiger partial charge in [0, 0.05) is 11.5 Å². The highest BCUT2D eigenvalue weighted by molar-refractivity contribution is 7.22. The molecule has 0 bridgehead atoms. The number of amides is 2. The van der Waals surface area contributed by atoms with E-state index in [4.69, 9.17) is 18.2 Å². The van der Waals surface area contributed by atoms with Crippen molar-refractivity contribution in [3.63, 3.8) is 0 Å². The Bertz CT molecular complexity index is 1470. The van der Waals surface area contributed by atoms with Gasteiger partial charge in [-0.15, -0.1) is 0 Å². The molecular formula is C26H19ClN4O2S. The van der Waals surface area contributed by atoms with Gasteiger partial charge in [-0.25, -0.2) is 9.83 Å². The number of nitrogens with zero attached hydrogens (tertiary/aromatic N) is 2. The highest BCUT2D eigenvalue weighted by Gasteiger charge is 2.44. The van der Waals surface area contributed by atoms with E-state index >= 15 is 0 Å². The van der Waals surface area contributed by atoms with Crippen LogP contribution in [0.1, 0.15) is 33.8 Å². The molecule has 1 saturated carbocycles. The Morgan fingerprint density at radius 3 is 2.74 bits per heavy atom. The molecule has 1 fully saturated rings. The van der Waals surface area contributed by atoms with Crippen molar-refractivity contribution in [3.8, 4) is 0 Å². The van der Waals surface area contributed by atoms with Gasteiger partial charge in [0.05, 0.1) is 27.5 Å². The fraction of sp³-hybridized carbons (Fsp3) is 0.154. The maximum absolute atomic E-state index is 12.8. The van der Waals surface area contributed by atoms with Crippen molar-refractivity contribution < 1.29 is 9.59 Å². The molecule has 168 valence electrons. The van der Waals surface area contributed by atoms with E-state index in [-0.39, 0.29) is 23.7 Å². The lowest BCUT2D eigenvalue weighted by molar-refractivity contribution is -0.117. The minimum Gasteiger partial charge on any atom is -0.320 e. The van der Waals surface area contributed by atoms with Crippen LogP contribution in [0.5, 0.6) is 0 Å². The zero-order chi connectivity index (χ0) is 23.8. The fourth-order valence-electron chi connectivity index (χ4n) is 3.97. The first-order chi connectivity index (χ1) is 16.4. The lowest BCUT2D eigenvalue weighted by Crippen LogP contribution is -2.14. The van der Waals surface area contributed by atoms with E-state index in [0.717, 1.165) is 22.2 Å². The van der Waals surface area contributed by atoms with Gasteiger partial charge in [0.25, 0.3) is 5.91 Å². The van der Waals surface area contributed by atoms with E-state index in [1.165, 1.54) is 11.3 Å². The van der Waals surface area contributed by atoms with Crippen molar-refractivity contribution in [2.75, 3.05) is 10.6 Å². The summed E-state index contributed by atoms with van der Waals surface area (Å²) >= 11 is 7.56. The molecule has 8 heteroatoms. The van der Waals surface area contributed by atoms with Crippen molar-refractivity contribution in [3.05, 3.63) is 93.8 Å². The molecule has 1 aliphatic rings. The second kappa shape index (κ2) is 8.90. The number of carbonyl (C=O) groups is 2. The molecule has 3 aromatic carbocycles. The van der Waals surface area contributed by atoms with E-state index < -0.39 is 0 Å². The first-order valence-corrected chi connectivity index (χ1v) is 11.9. The number of fused-ring (bicyclic) bond motifs is 1. The number of benzene rings is 3. The maximum Gasteiger partial charge on any atom is 0.255 e.